The number of halogens is 1. The second-order valence-corrected chi connectivity index (χ2v) is 9.73. The van der Waals surface area contributed by atoms with Crippen LogP contribution in [-0.4, -0.2) is 30.0 Å². The number of thioether (sulfide) groups is 1. The smallest absolute Gasteiger partial charge is 0.269 e. The van der Waals surface area contributed by atoms with E-state index in [4.69, 9.17) is 0 Å². The fourth-order valence-corrected chi connectivity index (χ4v) is 6.21. The summed E-state index contributed by atoms with van der Waals surface area (Å²) in [6.07, 6.45) is 0.757. The summed E-state index contributed by atoms with van der Waals surface area (Å²) < 4.78 is 14.1. The molecule has 2 aliphatic heterocycles. The summed E-state index contributed by atoms with van der Waals surface area (Å²) in [6, 6.07) is 18.7. The highest BCUT2D eigenvalue weighted by Gasteiger charge is 2.61. The van der Waals surface area contributed by atoms with E-state index in [1.54, 1.807) is 30.3 Å². The van der Waals surface area contributed by atoms with Gasteiger partial charge in [0.25, 0.3) is 5.91 Å². The Balaban J connectivity index is 1.52. The Labute approximate surface area is 207 Å². The number of carbonyl (C=O) groups excluding carboxylic acids is 3. The number of para-hydroxylation sites is 2. The van der Waals surface area contributed by atoms with Gasteiger partial charge in [-0.3, -0.25) is 24.2 Å². The van der Waals surface area contributed by atoms with E-state index in [2.05, 4.69) is 5.32 Å². The summed E-state index contributed by atoms with van der Waals surface area (Å²) in [4.78, 5) is 41.6. The van der Waals surface area contributed by atoms with Crippen LogP contribution in [-0.2, 0) is 25.7 Å². The molecule has 0 aliphatic carbocycles. The molecular weight excluding hydrogens is 465 g/mol. The van der Waals surface area contributed by atoms with Gasteiger partial charge in [0, 0.05) is 16.9 Å². The molecule has 1 atom stereocenters. The molecule has 2 heterocycles. The summed E-state index contributed by atoms with van der Waals surface area (Å²) >= 11 is 1.19. The molecule has 0 bridgehead atoms. The van der Waals surface area contributed by atoms with E-state index < -0.39 is 16.6 Å². The molecule has 6 nitrogen and oxygen atoms in total. The molecule has 1 fully saturated rings. The number of fused-ring (bicyclic) bond motifs is 2. The van der Waals surface area contributed by atoms with Crippen molar-refractivity contribution in [3.8, 4) is 0 Å². The monoisotopic (exact) mass is 489 g/mol. The van der Waals surface area contributed by atoms with Crippen LogP contribution in [0.25, 0.3) is 0 Å². The van der Waals surface area contributed by atoms with Crippen LogP contribution in [0.15, 0.2) is 66.7 Å². The number of anilines is 3. The zero-order valence-corrected chi connectivity index (χ0v) is 20.2. The lowest BCUT2D eigenvalue weighted by atomic mass is 10.0. The van der Waals surface area contributed by atoms with E-state index in [0.717, 1.165) is 23.2 Å². The van der Waals surface area contributed by atoms with E-state index in [1.165, 1.54) is 39.8 Å². The second-order valence-electron chi connectivity index (χ2n) is 8.56. The van der Waals surface area contributed by atoms with Crippen molar-refractivity contribution in [1.29, 1.82) is 0 Å². The van der Waals surface area contributed by atoms with Gasteiger partial charge in [-0.2, -0.15) is 0 Å². The molecule has 178 valence electrons. The van der Waals surface area contributed by atoms with Crippen molar-refractivity contribution < 1.29 is 18.8 Å². The maximum atomic E-state index is 14.1. The first kappa shape index (κ1) is 23.1. The van der Waals surface area contributed by atoms with E-state index in [1.807, 2.05) is 32.0 Å². The predicted octanol–water partition coefficient (Wildman–Crippen LogP) is 4.61. The standard InChI is InChI=1S/C27H24FN3O3S/c1-3-18-9-6-8-17(2)25(18)29-23(32)15-30-22-13-5-4-12-21(22)27(26(30)34)31(24(33)16-35-27)20-11-7-10-19(28)14-20/h4-14H,3,15-16H2,1-2H3,(H,29,32)/t27-/m0/s1. The summed E-state index contributed by atoms with van der Waals surface area (Å²) in [5.74, 6) is -1.44. The van der Waals surface area contributed by atoms with Gasteiger partial charge in [-0.05, 0) is 48.7 Å². The third-order valence-corrected chi connectivity index (χ3v) is 7.82. The number of aryl methyl sites for hydroxylation is 2. The van der Waals surface area contributed by atoms with E-state index in [9.17, 15) is 18.8 Å². The van der Waals surface area contributed by atoms with Gasteiger partial charge in [0.05, 0.1) is 11.4 Å². The van der Waals surface area contributed by atoms with Gasteiger partial charge in [-0.1, -0.05) is 49.4 Å². The molecule has 1 N–H and O–H groups in total. The predicted molar refractivity (Wildman–Crippen MR) is 136 cm³/mol. The first-order chi connectivity index (χ1) is 16.9. The number of carbonyl (C=O) groups is 3. The highest BCUT2D eigenvalue weighted by molar-refractivity contribution is 8.02. The average Bonchev–Trinajstić information content (AvgIpc) is 3.31. The topological polar surface area (TPSA) is 69.7 Å². The first-order valence-electron chi connectivity index (χ1n) is 11.4. The molecule has 0 saturated carbocycles. The molecule has 3 aromatic rings. The second kappa shape index (κ2) is 8.85. The largest absolute Gasteiger partial charge is 0.324 e. The molecular formula is C27H24FN3O3S. The van der Waals surface area contributed by atoms with Gasteiger partial charge < -0.3 is 5.32 Å². The molecule has 3 aromatic carbocycles. The Hall–Kier alpha value is -3.65. The lowest BCUT2D eigenvalue weighted by Crippen LogP contribution is -2.51. The van der Waals surface area contributed by atoms with E-state index in [0.29, 0.717) is 16.9 Å². The SMILES string of the molecule is CCc1cccc(C)c1NC(=O)CN1C(=O)[C@@]2(SCC(=O)N2c2cccc(F)c2)c2ccccc21. The van der Waals surface area contributed by atoms with Gasteiger partial charge >= 0.3 is 0 Å². The first-order valence-corrected chi connectivity index (χ1v) is 12.4. The summed E-state index contributed by atoms with van der Waals surface area (Å²) in [6.45, 7) is 3.74. The Bertz CT molecular complexity index is 1360. The van der Waals surface area contributed by atoms with Crippen LogP contribution >= 0.6 is 11.8 Å². The zero-order valence-electron chi connectivity index (χ0n) is 19.4. The molecule has 2 aliphatic rings. The van der Waals surface area contributed by atoms with Gasteiger partial charge in [-0.25, -0.2) is 4.39 Å². The Kier molecular flexibility index (Phi) is 5.84. The fraction of sp³-hybridized carbons (Fsp3) is 0.222. The Morgan fingerprint density at radius 3 is 2.63 bits per heavy atom. The third-order valence-electron chi connectivity index (χ3n) is 6.44. The number of rotatable bonds is 5. The maximum absolute atomic E-state index is 14.1. The van der Waals surface area contributed by atoms with Crippen LogP contribution in [0, 0.1) is 12.7 Å². The van der Waals surface area contributed by atoms with Crippen LogP contribution < -0.4 is 15.1 Å². The molecule has 1 saturated heterocycles. The highest BCUT2D eigenvalue weighted by Crippen LogP contribution is 2.55. The van der Waals surface area contributed by atoms with E-state index in [-0.39, 0.29) is 24.1 Å². The highest BCUT2D eigenvalue weighted by atomic mass is 32.2. The Morgan fingerprint density at radius 1 is 1.09 bits per heavy atom. The van der Waals surface area contributed by atoms with Crippen LogP contribution in [0.5, 0.6) is 0 Å². The van der Waals surface area contributed by atoms with Crippen molar-refractivity contribution in [2.24, 2.45) is 0 Å². The number of amides is 3. The number of benzene rings is 3. The normalized spacial score (nSPS) is 18.9. The van der Waals surface area contributed by atoms with Crippen molar-refractivity contribution in [3.63, 3.8) is 0 Å². The average molecular weight is 490 g/mol. The minimum atomic E-state index is -1.39. The number of nitrogens with zero attached hydrogens (tertiary/aromatic N) is 2. The van der Waals surface area contributed by atoms with Crippen LogP contribution in [0.4, 0.5) is 21.5 Å². The molecule has 35 heavy (non-hydrogen) atoms. The van der Waals surface area contributed by atoms with Crippen molar-refractivity contribution in [2.75, 3.05) is 27.4 Å². The van der Waals surface area contributed by atoms with Gasteiger partial charge in [0.2, 0.25) is 16.7 Å². The molecule has 8 heteroatoms. The van der Waals surface area contributed by atoms with Crippen LogP contribution in [0.3, 0.4) is 0 Å². The molecule has 0 unspecified atom stereocenters. The molecule has 1 spiro atoms. The van der Waals surface area contributed by atoms with Crippen molar-refractivity contribution in [2.45, 2.75) is 25.1 Å². The van der Waals surface area contributed by atoms with Gasteiger partial charge in [0.15, 0.2) is 0 Å². The number of hydrogen-bond acceptors (Lipinski definition) is 4. The summed E-state index contributed by atoms with van der Waals surface area (Å²) in [5, 5.41) is 2.98. The summed E-state index contributed by atoms with van der Waals surface area (Å²) in [5.41, 5.74) is 4.19. The molecule has 5 rings (SSSR count). The Morgan fingerprint density at radius 2 is 1.86 bits per heavy atom. The lowest BCUT2D eigenvalue weighted by Gasteiger charge is -2.33. The van der Waals surface area contributed by atoms with Gasteiger partial charge in [0.1, 0.15) is 12.4 Å². The molecule has 3 amide bonds. The van der Waals surface area contributed by atoms with Crippen molar-refractivity contribution in [1.82, 2.24) is 0 Å². The lowest BCUT2D eigenvalue weighted by molar-refractivity contribution is -0.124. The molecule has 0 aromatic heterocycles. The minimum absolute atomic E-state index is 0.0691. The quantitative estimate of drug-likeness (QED) is 0.568. The van der Waals surface area contributed by atoms with Crippen LogP contribution in [0.1, 0.15) is 23.6 Å². The number of nitrogens with one attached hydrogen (secondary N) is 1. The fourth-order valence-electron chi connectivity index (χ4n) is 4.85. The van der Waals surface area contributed by atoms with Crippen molar-refractivity contribution in [3.05, 3.63) is 89.2 Å². The van der Waals surface area contributed by atoms with Crippen molar-refractivity contribution >= 4 is 46.5 Å². The molecule has 0 radical (unpaired) electrons. The maximum Gasteiger partial charge on any atom is 0.269 e. The summed E-state index contributed by atoms with van der Waals surface area (Å²) in [7, 11) is 0. The minimum Gasteiger partial charge on any atom is -0.324 e. The number of hydrogen-bond donors (Lipinski definition) is 1. The van der Waals surface area contributed by atoms with E-state index >= 15 is 0 Å². The van der Waals surface area contributed by atoms with Gasteiger partial charge in [-0.15, -0.1) is 11.8 Å². The van der Waals surface area contributed by atoms with Crippen LogP contribution in [0.2, 0.25) is 0 Å². The third kappa shape index (κ3) is 3.69. The zero-order chi connectivity index (χ0) is 24.7.